The molecule has 114 valence electrons. The third-order valence-corrected chi connectivity index (χ3v) is 2.89. The number of rotatable bonds is 11. The van der Waals surface area contributed by atoms with Crippen LogP contribution in [0.15, 0.2) is 24.3 Å². The molecule has 3 nitrogen and oxygen atoms in total. The van der Waals surface area contributed by atoms with Crippen molar-refractivity contribution in [2.45, 2.75) is 32.8 Å². The van der Waals surface area contributed by atoms with Gasteiger partial charge in [-0.2, -0.15) is 0 Å². The Morgan fingerprint density at radius 3 is 2.45 bits per heavy atom. The van der Waals surface area contributed by atoms with Gasteiger partial charge in [-0.05, 0) is 37.1 Å². The molecule has 0 amide bonds. The Kier molecular flexibility index (Phi) is 9.20. The fourth-order valence-electron chi connectivity index (χ4n) is 1.86. The van der Waals surface area contributed by atoms with E-state index in [0.29, 0.717) is 13.2 Å². The Bertz CT molecular complexity index is 343. The van der Waals surface area contributed by atoms with Gasteiger partial charge in [0.05, 0.1) is 19.3 Å². The molecule has 20 heavy (non-hydrogen) atoms. The van der Waals surface area contributed by atoms with Crippen LogP contribution in [0.5, 0.6) is 0 Å². The average molecular weight is 283 g/mol. The Hall–Kier alpha value is -0.970. The summed E-state index contributed by atoms with van der Waals surface area (Å²) >= 11 is 0. The van der Waals surface area contributed by atoms with Crippen molar-refractivity contribution in [3.05, 3.63) is 35.6 Å². The largest absolute Gasteiger partial charge is 0.379 e. The predicted molar refractivity (Wildman–Crippen MR) is 79.4 cm³/mol. The first-order valence-electron chi connectivity index (χ1n) is 7.43. The lowest BCUT2D eigenvalue weighted by molar-refractivity contribution is 0.00431. The molecule has 0 spiro atoms. The van der Waals surface area contributed by atoms with E-state index in [0.717, 1.165) is 38.1 Å². The smallest absolute Gasteiger partial charge is 0.123 e. The van der Waals surface area contributed by atoms with Crippen LogP contribution in [0.25, 0.3) is 0 Å². The van der Waals surface area contributed by atoms with Crippen molar-refractivity contribution in [3.63, 3.8) is 0 Å². The van der Waals surface area contributed by atoms with Crippen molar-refractivity contribution < 1.29 is 13.9 Å². The van der Waals surface area contributed by atoms with Crippen LogP contribution >= 0.6 is 0 Å². The standard InChI is InChI=1S/C16H26FNO2/c1-3-9-18-13-16(20-12-11-19-10-4-2)14-5-7-15(17)8-6-14/h5-8,16,18H,3-4,9-13H2,1-2H3. The fourth-order valence-corrected chi connectivity index (χ4v) is 1.86. The van der Waals surface area contributed by atoms with E-state index in [1.165, 1.54) is 12.1 Å². The maximum Gasteiger partial charge on any atom is 0.123 e. The second kappa shape index (κ2) is 10.8. The van der Waals surface area contributed by atoms with Gasteiger partial charge in [0, 0.05) is 13.2 Å². The van der Waals surface area contributed by atoms with Gasteiger partial charge in [0.2, 0.25) is 0 Å². The first-order valence-corrected chi connectivity index (χ1v) is 7.43. The van der Waals surface area contributed by atoms with Gasteiger partial charge in [0.1, 0.15) is 5.82 Å². The third-order valence-electron chi connectivity index (χ3n) is 2.89. The summed E-state index contributed by atoms with van der Waals surface area (Å²) in [6, 6.07) is 6.50. The van der Waals surface area contributed by atoms with Gasteiger partial charge in [-0.1, -0.05) is 26.0 Å². The van der Waals surface area contributed by atoms with Crippen LogP contribution in [0.2, 0.25) is 0 Å². The van der Waals surface area contributed by atoms with Gasteiger partial charge in [0.15, 0.2) is 0 Å². The second-order valence-electron chi connectivity index (χ2n) is 4.73. The fraction of sp³-hybridized carbons (Fsp3) is 0.625. The highest BCUT2D eigenvalue weighted by atomic mass is 19.1. The van der Waals surface area contributed by atoms with E-state index >= 15 is 0 Å². The molecule has 0 saturated heterocycles. The predicted octanol–water partition coefficient (Wildman–Crippen LogP) is 3.31. The minimum absolute atomic E-state index is 0.0626. The van der Waals surface area contributed by atoms with Crippen LogP contribution in [0, 0.1) is 5.82 Å². The average Bonchev–Trinajstić information content (AvgIpc) is 2.46. The van der Waals surface area contributed by atoms with Crippen LogP contribution in [0.4, 0.5) is 4.39 Å². The van der Waals surface area contributed by atoms with E-state index in [2.05, 4.69) is 19.2 Å². The summed E-state index contributed by atoms with van der Waals surface area (Å²) in [6.45, 7) is 7.80. The van der Waals surface area contributed by atoms with Crippen molar-refractivity contribution in [1.29, 1.82) is 0 Å². The van der Waals surface area contributed by atoms with E-state index in [9.17, 15) is 4.39 Å². The van der Waals surface area contributed by atoms with Gasteiger partial charge in [-0.3, -0.25) is 0 Å². The van der Waals surface area contributed by atoms with Crippen LogP contribution in [0.1, 0.15) is 38.4 Å². The molecular formula is C16H26FNO2. The Morgan fingerprint density at radius 2 is 1.80 bits per heavy atom. The van der Waals surface area contributed by atoms with E-state index < -0.39 is 0 Å². The monoisotopic (exact) mass is 283 g/mol. The van der Waals surface area contributed by atoms with Gasteiger partial charge in [-0.15, -0.1) is 0 Å². The molecule has 0 aliphatic rings. The van der Waals surface area contributed by atoms with Crippen molar-refractivity contribution in [2.75, 3.05) is 32.9 Å². The highest BCUT2D eigenvalue weighted by molar-refractivity contribution is 5.19. The Morgan fingerprint density at radius 1 is 1.05 bits per heavy atom. The number of nitrogens with one attached hydrogen (secondary N) is 1. The SMILES string of the molecule is CCCNCC(OCCOCCC)c1ccc(F)cc1. The quantitative estimate of drug-likeness (QED) is 0.632. The normalized spacial score (nSPS) is 12.6. The second-order valence-corrected chi connectivity index (χ2v) is 4.73. The van der Waals surface area contributed by atoms with Gasteiger partial charge in [-0.25, -0.2) is 4.39 Å². The molecule has 0 aromatic heterocycles. The van der Waals surface area contributed by atoms with Crippen molar-refractivity contribution in [3.8, 4) is 0 Å². The summed E-state index contributed by atoms with van der Waals surface area (Å²) in [5.74, 6) is -0.222. The van der Waals surface area contributed by atoms with E-state index in [4.69, 9.17) is 9.47 Å². The molecule has 0 aliphatic heterocycles. The third kappa shape index (κ3) is 6.98. The van der Waals surface area contributed by atoms with Crippen LogP contribution in [-0.2, 0) is 9.47 Å². The molecule has 0 bridgehead atoms. The molecule has 0 saturated carbocycles. The zero-order chi connectivity index (χ0) is 14.6. The summed E-state index contributed by atoms with van der Waals surface area (Å²) in [6.07, 6.45) is 2.03. The van der Waals surface area contributed by atoms with Gasteiger partial charge < -0.3 is 14.8 Å². The molecule has 0 heterocycles. The number of hydrogen-bond donors (Lipinski definition) is 1. The maximum atomic E-state index is 13.0. The molecular weight excluding hydrogens is 257 g/mol. The highest BCUT2D eigenvalue weighted by Crippen LogP contribution is 2.17. The lowest BCUT2D eigenvalue weighted by Crippen LogP contribution is -2.25. The Balaban J connectivity index is 2.44. The minimum Gasteiger partial charge on any atom is -0.379 e. The maximum absolute atomic E-state index is 13.0. The Labute approximate surface area is 121 Å². The molecule has 1 atom stereocenters. The molecule has 0 fully saturated rings. The molecule has 4 heteroatoms. The molecule has 1 aromatic carbocycles. The van der Waals surface area contributed by atoms with Gasteiger partial charge >= 0.3 is 0 Å². The molecule has 1 unspecified atom stereocenters. The summed E-state index contributed by atoms with van der Waals surface area (Å²) in [4.78, 5) is 0. The molecule has 1 rings (SSSR count). The van der Waals surface area contributed by atoms with Crippen LogP contribution in [-0.4, -0.2) is 32.9 Å². The first kappa shape index (κ1) is 17.1. The minimum atomic E-state index is -0.222. The van der Waals surface area contributed by atoms with Crippen molar-refractivity contribution in [2.24, 2.45) is 0 Å². The number of ether oxygens (including phenoxy) is 2. The zero-order valence-electron chi connectivity index (χ0n) is 12.5. The zero-order valence-corrected chi connectivity index (χ0v) is 12.5. The van der Waals surface area contributed by atoms with Crippen LogP contribution < -0.4 is 5.32 Å². The first-order chi connectivity index (χ1) is 9.77. The topological polar surface area (TPSA) is 30.5 Å². The molecule has 0 radical (unpaired) electrons. The number of benzene rings is 1. The lowest BCUT2D eigenvalue weighted by Gasteiger charge is -2.19. The van der Waals surface area contributed by atoms with Gasteiger partial charge in [0.25, 0.3) is 0 Å². The summed E-state index contributed by atoms with van der Waals surface area (Å²) in [5, 5.41) is 3.34. The molecule has 0 aliphatic carbocycles. The van der Waals surface area contributed by atoms with Crippen molar-refractivity contribution >= 4 is 0 Å². The summed E-state index contributed by atoms with van der Waals surface area (Å²) < 4.78 is 24.2. The van der Waals surface area contributed by atoms with Crippen LogP contribution in [0.3, 0.4) is 0 Å². The van der Waals surface area contributed by atoms with E-state index in [-0.39, 0.29) is 11.9 Å². The molecule has 1 N–H and O–H groups in total. The number of hydrogen-bond acceptors (Lipinski definition) is 3. The van der Waals surface area contributed by atoms with Crippen molar-refractivity contribution in [1.82, 2.24) is 5.32 Å². The summed E-state index contributed by atoms with van der Waals surface area (Å²) in [5.41, 5.74) is 0.991. The summed E-state index contributed by atoms with van der Waals surface area (Å²) in [7, 11) is 0. The lowest BCUT2D eigenvalue weighted by atomic mass is 10.1. The van der Waals surface area contributed by atoms with E-state index in [1.807, 2.05) is 0 Å². The highest BCUT2D eigenvalue weighted by Gasteiger charge is 2.11. The van der Waals surface area contributed by atoms with E-state index in [1.54, 1.807) is 12.1 Å². The molecule has 1 aromatic rings. The number of halogens is 1.